The summed E-state index contributed by atoms with van der Waals surface area (Å²) < 4.78 is 38.3. The maximum atomic E-state index is 13.2. The Morgan fingerprint density at radius 2 is 1.69 bits per heavy atom. The average molecular weight is 516 g/mol. The lowest BCUT2D eigenvalue weighted by Gasteiger charge is -2.35. The molecule has 0 spiro atoms. The quantitative estimate of drug-likeness (QED) is 0.559. The first kappa shape index (κ1) is 26.0. The minimum atomic E-state index is -3.62. The van der Waals surface area contributed by atoms with Crippen LogP contribution in [-0.4, -0.2) is 56.5 Å². The van der Waals surface area contributed by atoms with Crippen molar-refractivity contribution in [3.05, 3.63) is 53.6 Å². The van der Waals surface area contributed by atoms with Gasteiger partial charge in [-0.15, -0.1) is 0 Å². The number of benzene rings is 2. The lowest BCUT2D eigenvalue weighted by Crippen LogP contribution is -2.55. The molecule has 10 heteroatoms. The number of nitrogens with zero attached hydrogens (tertiary/aromatic N) is 1. The van der Waals surface area contributed by atoms with E-state index in [2.05, 4.69) is 10.6 Å². The standard InChI is InChI=1S/C26H33N3O6S/c1-4-18(3)27-26(31)24(28-25(30)20-7-10-22-23(15-20)35-16-34-22)19-11-13-29(14-12-19)36(32,33)21-8-5-17(2)6-9-21/h5-10,15,18-19,24H,4,11-14,16H2,1-3H3,(H,27,31)(H,28,30)/t18-,24-/m1/s1. The third-order valence-electron chi connectivity index (χ3n) is 6.83. The number of carbonyl (C=O) groups is 2. The Morgan fingerprint density at radius 3 is 2.36 bits per heavy atom. The van der Waals surface area contributed by atoms with Crippen molar-refractivity contribution in [2.75, 3.05) is 19.9 Å². The minimum Gasteiger partial charge on any atom is -0.454 e. The molecule has 0 aromatic heterocycles. The summed E-state index contributed by atoms with van der Waals surface area (Å²) in [5.41, 5.74) is 1.35. The van der Waals surface area contributed by atoms with Crippen LogP contribution in [0.2, 0.25) is 0 Å². The summed E-state index contributed by atoms with van der Waals surface area (Å²) in [5, 5.41) is 5.87. The molecule has 1 fully saturated rings. The van der Waals surface area contributed by atoms with Crippen LogP contribution in [0.15, 0.2) is 47.4 Å². The normalized spacial score (nSPS) is 17.9. The monoisotopic (exact) mass is 515 g/mol. The molecule has 4 rings (SSSR count). The van der Waals surface area contributed by atoms with Gasteiger partial charge in [0.2, 0.25) is 22.7 Å². The SMILES string of the molecule is CC[C@@H](C)NC(=O)[C@H](NC(=O)c1ccc2c(c1)OCO2)C1CCN(S(=O)(=O)c2ccc(C)cc2)CC1. The Labute approximate surface area is 212 Å². The number of nitrogens with one attached hydrogen (secondary N) is 2. The van der Waals surface area contributed by atoms with Gasteiger partial charge in [0.05, 0.1) is 4.90 Å². The van der Waals surface area contributed by atoms with Crippen molar-refractivity contribution in [1.82, 2.24) is 14.9 Å². The Kier molecular flexibility index (Phi) is 7.85. The molecule has 2 atom stereocenters. The summed E-state index contributed by atoms with van der Waals surface area (Å²) in [7, 11) is -3.62. The maximum Gasteiger partial charge on any atom is 0.252 e. The summed E-state index contributed by atoms with van der Waals surface area (Å²) in [6.07, 6.45) is 1.65. The van der Waals surface area contributed by atoms with E-state index in [4.69, 9.17) is 9.47 Å². The average Bonchev–Trinajstić information content (AvgIpc) is 3.35. The number of aryl methyl sites for hydroxylation is 1. The zero-order valence-electron chi connectivity index (χ0n) is 20.8. The highest BCUT2D eigenvalue weighted by atomic mass is 32.2. The molecule has 2 aliphatic heterocycles. The number of carbonyl (C=O) groups excluding carboxylic acids is 2. The van der Waals surface area contributed by atoms with Crippen molar-refractivity contribution >= 4 is 21.8 Å². The second kappa shape index (κ2) is 10.9. The van der Waals surface area contributed by atoms with E-state index in [0.29, 0.717) is 29.9 Å². The number of amides is 2. The van der Waals surface area contributed by atoms with Crippen molar-refractivity contribution in [2.45, 2.75) is 57.0 Å². The summed E-state index contributed by atoms with van der Waals surface area (Å²) in [6, 6.07) is 10.8. The van der Waals surface area contributed by atoms with Gasteiger partial charge in [0.15, 0.2) is 11.5 Å². The van der Waals surface area contributed by atoms with E-state index >= 15 is 0 Å². The van der Waals surface area contributed by atoms with E-state index in [9.17, 15) is 18.0 Å². The second-order valence-electron chi connectivity index (χ2n) is 9.39. The smallest absolute Gasteiger partial charge is 0.252 e. The van der Waals surface area contributed by atoms with E-state index in [1.54, 1.807) is 42.5 Å². The Balaban J connectivity index is 1.48. The number of ether oxygens (including phenoxy) is 2. The topological polar surface area (TPSA) is 114 Å². The predicted octanol–water partition coefficient (Wildman–Crippen LogP) is 2.84. The number of piperidine rings is 1. The van der Waals surface area contributed by atoms with Crippen LogP contribution >= 0.6 is 0 Å². The fourth-order valence-electron chi connectivity index (χ4n) is 4.40. The van der Waals surface area contributed by atoms with Crippen molar-refractivity contribution in [3.8, 4) is 11.5 Å². The second-order valence-corrected chi connectivity index (χ2v) is 11.3. The minimum absolute atomic E-state index is 0.0514. The van der Waals surface area contributed by atoms with Gasteiger partial charge in [0.25, 0.3) is 5.91 Å². The molecular weight excluding hydrogens is 482 g/mol. The van der Waals surface area contributed by atoms with Gasteiger partial charge in [0, 0.05) is 24.7 Å². The van der Waals surface area contributed by atoms with Crippen LogP contribution in [0.3, 0.4) is 0 Å². The van der Waals surface area contributed by atoms with E-state index in [1.165, 1.54) is 4.31 Å². The molecule has 1 saturated heterocycles. The molecule has 0 unspecified atom stereocenters. The highest BCUT2D eigenvalue weighted by molar-refractivity contribution is 7.89. The van der Waals surface area contributed by atoms with Crippen molar-refractivity contribution in [1.29, 1.82) is 0 Å². The highest BCUT2D eigenvalue weighted by Gasteiger charge is 2.36. The molecular formula is C26H33N3O6S. The summed E-state index contributed by atoms with van der Waals surface area (Å²) in [6.45, 7) is 6.43. The summed E-state index contributed by atoms with van der Waals surface area (Å²) >= 11 is 0. The van der Waals surface area contributed by atoms with E-state index in [1.807, 2.05) is 20.8 Å². The first-order valence-corrected chi connectivity index (χ1v) is 13.7. The molecule has 2 aliphatic rings. The maximum absolute atomic E-state index is 13.2. The zero-order chi connectivity index (χ0) is 25.9. The van der Waals surface area contributed by atoms with Crippen LogP contribution in [0.25, 0.3) is 0 Å². The van der Waals surface area contributed by atoms with Crippen molar-refractivity contribution in [2.24, 2.45) is 5.92 Å². The summed E-state index contributed by atoms with van der Waals surface area (Å²) in [5.74, 6) is 0.180. The lowest BCUT2D eigenvalue weighted by molar-refractivity contribution is -0.125. The number of sulfonamides is 1. The molecule has 194 valence electrons. The Morgan fingerprint density at radius 1 is 1.03 bits per heavy atom. The van der Waals surface area contributed by atoms with Crippen molar-refractivity contribution < 1.29 is 27.5 Å². The molecule has 0 saturated carbocycles. The molecule has 2 amide bonds. The number of rotatable bonds is 8. The van der Waals surface area contributed by atoms with E-state index in [-0.39, 0.29) is 42.6 Å². The van der Waals surface area contributed by atoms with E-state index in [0.717, 1.165) is 12.0 Å². The van der Waals surface area contributed by atoms with Crippen LogP contribution in [0.5, 0.6) is 11.5 Å². The zero-order valence-corrected chi connectivity index (χ0v) is 21.6. The van der Waals surface area contributed by atoms with Gasteiger partial charge in [-0.2, -0.15) is 4.31 Å². The fourth-order valence-corrected chi connectivity index (χ4v) is 5.87. The van der Waals surface area contributed by atoms with E-state index < -0.39 is 22.0 Å². The van der Waals surface area contributed by atoms with Crippen LogP contribution in [0.1, 0.15) is 49.0 Å². The van der Waals surface area contributed by atoms with Gasteiger partial charge >= 0.3 is 0 Å². The number of hydrogen-bond acceptors (Lipinski definition) is 6. The van der Waals surface area contributed by atoms with Gasteiger partial charge in [-0.1, -0.05) is 24.6 Å². The fraction of sp³-hybridized carbons (Fsp3) is 0.462. The molecule has 2 N–H and O–H groups in total. The molecule has 36 heavy (non-hydrogen) atoms. The van der Waals surface area contributed by atoms with Crippen molar-refractivity contribution in [3.63, 3.8) is 0 Å². The Hall–Kier alpha value is -3.11. The summed E-state index contributed by atoms with van der Waals surface area (Å²) in [4.78, 5) is 26.6. The largest absolute Gasteiger partial charge is 0.454 e. The van der Waals surface area contributed by atoms with Gasteiger partial charge < -0.3 is 20.1 Å². The molecule has 0 aliphatic carbocycles. The lowest BCUT2D eigenvalue weighted by atomic mass is 9.89. The van der Waals surface area contributed by atoms with Gasteiger partial charge in [0.1, 0.15) is 6.04 Å². The predicted molar refractivity (Wildman–Crippen MR) is 134 cm³/mol. The molecule has 2 heterocycles. The van der Waals surface area contributed by atoms with Gasteiger partial charge in [-0.3, -0.25) is 9.59 Å². The molecule has 9 nitrogen and oxygen atoms in total. The molecule has 2 aromatic rings. The van der Waals surface area contributed by atoms with Crippen LogP contribution in [-0.2, 0) is 14.8 Å². The molecule has 0 bridgehead atoms. The van der Waals surface area contributed by atoms with Crippen LogP contribution in [0, 0.1) is 12.8 Å². The highest BCUT2D eigenvalue weighted by Crippen LogP contribution is 2.33. The van der Waals surface area contributed by atoms with Gasteiger partial charge in [-0.05, 0) is 69.4 Å². The molecule has 2 aromatic carbocycles. The third kappa shape index (κ3) is 5.65. The van der Waals surface area contributed by atoms with Crippen LogP contribution < -0.4 is 20.1 Å². The first-order valence-electron chi connectivity index (χ1n) is 12.3. The van der Waals surface area contributed by atoms with Crippen LogP contribution in [0.4, 0.5) is 0 Å². The Bertz CT molecular complexity index is 1210. The van der Waals surface area contributed by atoms with Gasteiger partial charge in [-0.25, -0.2) is 8.42 Å². The third-order valence-corrected chi connectivity index (χ3v) is 8.75. The molecule has 0 radical (unpaired) electrons. The number of hydrogen-bond donors (Lipinski definition) is 2. The first-order chi connectivity index (χ1) is 17.2. The number of fused-ring (bicyclic) bond motifs is 1.